The van der Waals surface area contributed by atoms with E-state index in [9.17, 15) is 4.79 Å². The van der Waals surface area contributed by atoms with Gasteiger partial charge in [0.05, 0.1) is 6.54 Å². The van der Waals surface area contributed by atoms with Gasteiger partial charge in [0.2, 0.25) is 5.91 Å². The van der Waals surface area contributed by atoms with Crippen LogP contribution in [0.15, 0.2) is 47.5 Å². The van der Waals surface area contributed by atoms with Crippen LogP contribution in [0.3, 0.4) is 0 Å². The highest BCUT2D eigenvalue weighted by molar-refractivity contribution is 14.0. The summed E-state index contributed by atoms with van der Waals surface area (Å²) in [4.78, 5) is 15.6. The number of rotatable bonds is 5. The fourth-order valence-electron chi connectivity index (χ4n) is 2.69. The molecule has 0 spiro atoms. The molecule has 2 aromatic carbocycles. The van der Waals surface area contributed by atoms with Gasteiger partial charge in [-0.25, -0.2) is 4.99 Å². The number of amides is 1. The van der Waals surface area contributed by atoms with E-state index >= 15 is 0 Å². The third-order valence-corrected chi connectivity index (χ3v) is 3.90. The first-order chi connectivity index (χ1) is 12.1. The van der Waals surface area contributed by atoms with Crippen LogP contribution in [0.5, 0.6) is 5.75 Å². The SMILES string of the molecule is Cc1cccc(NC(N)=NCCOc2ccc3c(c2)CCC(=O)N3)c1.I. The third-order valence-electron chi connectivity index (χ3n) is 3.90. The maximum absolute atomic E-state index is 11.4. The van der Waals surface area contributed by atoms with Crippen molar-refractivity contribution in [1.82, 2.24) is 0 Å². The molecule has 4 N–H and O–H groups in total. The number of carbonyl (C=O) groups is 1. The fraction of sp³-hybridized carbons (Fsp3) is 0.263. The zero-order chi connectivity index (χ0) is 17.6. The molecule has 138 valence electrons. The van der Waals surface area contributed by atoms with E-state index in [0.717, 1.165) is 34.7 Å². The Labute approximate surface area is 170 Å². The zero-order valence-corrected chi connectivity index (χ0v) is 16.9. The minimum atomic E-state index is 0. The van der Waals surface area contributed by atoms with Gasteiger partial charge in [-0.2, -0.15) is 0 Å². The molecule has 7 heteroatoms. The number of hydrogen-bond acceptors (Lipinski definition) is 3. The van der Waals surface area contributed by atoms with Gasteiger partial charge in [0.25, 0.3) is 0 Å². The summed E-state index contributed by atoms with van der Waals surface area (Å²) >= 11 is 0. The van der Waals surface area contributed by atoms with Gasteiger partial charge in [0.1, 0.15) is 12.4 Å². The van der Waals surface area contributed by atoms with Crippen LogP contribution in [0.4, 0.5) is 11.4 Å². The molecule has 0 radical (unpaired) electrons. The molecule has 0 aromatic heterocycles. The average molecular weight is 466 g/mol. The summed E-state index contributed by atoms with van der Waals surface area (Å²) < 4.78 is 5.72. The lowest BCUT2D eigenvalue weighted by Crippen LogP contribution is -2.23. The van der Waals surface area contributed by atoms with Gasteiger partial charge >= 0.3 is 0 Å². The van der Waals surface area contributed by atoms with E-state index in [4.69, 9.17) is 10.5 Å². The maximum Gasteiger partial charge on any atom is 0.224 e. The first-order valence-electron chi connectivity index (χ1n) is 8.29. The number of nitrogens with two attached hydrogens (primary N) is 1. The van der Waals surface area contributed by atoms with E-state index in [1.165, 1.54) is 0 Å². The number of fused-ring (bicyclic) bond motifs is 1. The number of nitrogens with zero attached hydrogens (tertiary/aromatic N) is 1. The predicted molar refractivity (Wildman–Crippen MR) is 116 cm³/mol. The number of benzene rings is 2. The highest BCUT2D eigenvalue weighted by atomic mass is 127. The van der Waals surface area contributed by atoms with E-state index in [2.05, 4.69) is 15.6 Å². The lowest BCUT2D eigenvalue weighted by Gasteiger charge is -2.17. The Morgan fingerprint density at radius 1 is 1.27 bits per heavy atom. The Morgan fingerprint density at radius 2 is 2.12 bits per heavy atom. The second kappa shape index (κ2) is 9.42. The average Bonchev–Trinajstić information content (AvgIpc) is 2.59. The van der Waals surface area contributed by atoms with E-state index in [0.29, 0.717) is 25.5 Å². The Bertz CT molecular complexity index is 808. The molecule has 6 nitrogen and oxygen atoms in total. The standard InChI is InChI=1S/C19H22N4O2.HI/c1-13-3-2-4-15(11-13)22-19(20)21-9-10-25-16-6-7-17-14(12-16)5-8-18(24)23-17;/h2-4,6-7,11-12H,5,8-10H2,1H3,(H,23,24)(H3,20,21,22);1H. The summed E-state index contributed by atoms with van der Waals surface area (Å²) in [6.45, 7) is 2.91. The first kappa shape index (κ1) is 20.0. The highest BCUT2D eigenvalue weighted by Crippen LogP contribution is 2.26. The number of hydrogen-bond donors (Lipinski definition) is 3. The molecule has 2 aromatic rings. The number of halogens is 1. The minimum Gasteiger partial charge on any atom is -0.492 e. The number of aliphatic imine (C=N–C) groups is 1. The molecule has 0 bridgehead atoms. The topological polar surface area (TPSA) is 88.7 Å². The molecule has 3 rings (SSSR count). The van der Waals surface area contributed by atoms with Gasteiger partial charge in [-0.1, -0.05) is 12.1 Å². The molecule has 0 aliphatic carbocycles. The van der Waals surface area contributed by atoms with Gasteiger partial charge in [-0.15, -0.1) is 24.0 Å². The zero-order valence-electron chi connectivity index (χ0n) is 14.6. The third kappa shape index (κ3) is 5.62. The van der Waals surface area contributed by atoms with Crippen molar-refractivity contribution in [3.05, 3.63) is 53.6 Å². The van der Waals surface area contributed by atoms with E-state index in [-0.39, 0.29) is 29.9 Å². The van der Waals surface area contributed by atoms with Crippen LogP contribution < -0.4 is 21.1 Å². The molecule has 1 amide bonds. The van der Waals surface area contributed by atoms with Gasteiger partial charge in [-0.05, 0) is 54.8 Å². The Balaban J connectivity index is 0.00000243. The van der Waals surface area contributed by atoms with Crippen LogP contribution in [0.25, 0.3) is 0 Å². The van der Waals surface area contributed by atoms with Crippen molar-refractivity contribution < 1.29 is 9.53 Å². The van der Waals surface area contributed by atoms with Crippen molar-refractivity contribution in [2.45, 2.75) is 19.8 Å². The summed E-state index contributed by atoms with van der Waals surface area (Å²) in [5, 5.41) is 5.91. The van der Waals surface area contributed by atoms with Crippen molar-refractivity contribution >= 4 is 47.2 Å². The summed E-state index contributed by atoms with van der Waals surface area (Å²) in [6, 6.07) is 13.6. The molecule has 0 saturated heterocycles. The summed E-state index contributed by atoms with van der Waals surface area (Å²) in [6.07, 6.45) is 1.26. The molecular formula is C19H23IN4O2. The number of aryl methyl sites for hydroxylation is 2. The minimum absolute atomic E-state index is 0. The van der Waals surface area contributed by atoms with Crippen molar-refractivity contribution in [3.63, 3.8) is 0 Å². The van der Waals surface area contributed by atoms with Crippen molar-refractivity contribution in [2.75, 3.05) is 23.8 Å². The largest absolute Gasteiger partial charge is 0.492 e. The van der Waals surface area contributed by atoms with Crippen molar-refractivity contribution in [2.24, 2.45) is 10.7 Å². The Kier molecular flexibility index (Phi) is 7.26. The van der Waals surface area contributed by atoms with Gasteiger partial charge in [-0.3, -0.25) is 4.79 Å². The fourth-order valence-corrected chi connectivity index (χ4v) is 2.69. The molecule has 1 aliphatic heterocycles. The number of guanidine groups is 1. The maximum atomic E-state index is 11.4. The van der Waals surface area contributed by atoms with Crippen LogP contribution in [0, 0.1) is 6.92 Å². The van der Waals surface area contributed by atoms with Crippen molar-refractivity contribution in [3.8, 4) is 5.75 Å². The Morgan fingerprint density at radius 3 is 2.92 bits per heavy atom. The summed E-state index contributed by atoms with van der Waals surface area (Å²) in [5.74, 6) is 1.20. The molecule has 1 heterocycles. The van der Waals surface area contributed by atoms with Crippen LogP contribution >= 0.6 is 24.0 Å². The number of carbonyl (C=O) groups excluding carboxylic acids is 1. The number of nitrogens with one attached hydrogen (secondary N) is 2. The second-order valence-electron chi connectivity index (χ2n) is 5.98. The smallest absolute Gasteiger partial charge is 0.224 e. The molecular weight excluding hydrogens is 443 g/mol. The highest BCUT2D eigenvalue weighted by Gasteiger charge is 2.14. The van der Waals surface area contributed by atoms with E-state index in [1.54, 1.807) is 0 Å². The van der Waals surface area contributed by atoms with Crippen LogP contribution in [0.1, 0.15) is 17.5 Å². The van der Waals surface area contributed by atoms with Crippen molar-refractivity contribution in [1.29, 1.82) is 0 Å². The predicted octanol–water partition coefficient (Wildman–Crippen LogP) is 3.30. The lowest BCUT2D eigenvalue weighted by atomic mass is 10.0. The van der Waals surface area contributed by atoms with Gasteiger partial charge in [0.15, 0.2) is 5.96 Å². The van der Waals surface area contributed by atoms with E-state index < -0.39 is 0 Å². The second-order valence-corrected chi connectivity index (χ2v) is 5.98. The lowest BCUT2D eigenvalue weighted by molar-refractivity contribution is -0.116. The molecule has 1 aliphatic rings. The molecule has 0 atom stereocenters. The van der Waals surface area contributed by atoms with Crippen LogP contribution in [-0.4, -0.2) is 25.0 Å². The molecule has 0 saturated carbocycles. The van der Waals surface area contributed by atoms with Gasteiger partial charge < -0.3 is 21.1 Å². The molecule has 0 unspecified atom stereocenters. The van der Waals surface area contributed by atoms with Crippen LogP contribution in [0.2, 0.25) is 0 Å². The Hall–Kier alpha value is -2.29. The monoisotopic (exact) mass is 466 g/mol. The first-order valence-corrected chi connectivity index (χ1v) is 8.29. The number of anilines is 2. The summed E-state index contributed by atoms with van der Waals surface area (Å²) in [7, 11) is 0. The van der Waals surface area contributed by atoms with Gasteiger partial charge in [0, 0.05) is 17.8 Å². The van der Waals surface area contributed by atoms with Crippen LogP contribution in [-0.2, 0) is 11.2 Å². The number of ether oxygens (including phenoxy) is 1. The molecule has 26 heavy (non-hydrogen) atoms. The normalized spacial score (nSPS) is 13.3. The quantitative estimate of drug-likeness (QED) is 0.273. The summed E-state index contributed by atoms with van der Waals surface area (Å²) in [5.41, 5.74) is 9.92. The van der Waals surface area contributed by atoms with E-state index in [1.807, 2.05) is 49.4 Å². The molecule has 0 fully saturated rings.